The van der Waals surface area contributed by atoms with Crippen molar-refractivity contribution >= 4 is 23.4 Å². The molecule has 8 nitrogen and oxygen atoms in total. The number of nitrogens with one attached hydrogen (secondary N) is 2. The van der Waals surface area contributed by atoms with E-state index in [1.807, 2.05) is 6.07 Å². The third-order valence-electron chi connectivity index (χ3n) is 3.96. The number of rotatable bonds is 7. The van der Waals surface area contributed by atoms with Crippen molar-refractivity contribution in [3.63, 3.8) is 0 Å². The number of H-pyrrole nitrogens is 1. The number of ether oxygens (including phenoxy) is 2. The predicted octanol–water partition coefficient (Wildman–Crippen LogP) is 2.38. The molecule has 1 unspecified atom stereocenters. The van der Waals surface area contributed by atoms with Gasteiger partial charge < -0.3 is 14.8 Å². The van der Waals surface area contributed by atoms with E-state index in [0.717, 1.165) is 11.8 Å². The normalized spacial score (nSPS) is 11.7. The Morgan fingerprint density at radius 1 is 1.14 bits per heavy atom. The number of methoxy groups -OCH3 is 2. The van der Waals surface area contributed by atoms with Crippen LogP contribution in [0.25, 0.3) is 5.69 Å². The van der Waals surface area contributed by atoms with E-state index in [2.05, 4.69) is 10.6 Å². The summed E-state index contributed by atoms with van der Waals surface area (Å²) in [5.41, 5.74) is 0.677. The van der Waals surface area contributed by atoms with E-state index in [9.17, 15) is 9.59 Å². The van der Waals surface area contributed by atoms with Gasteiger partial charge in [0, 0.05) is 12.1 Å². The summed E-state index contributed by atoms with van der Waals surface area (Å²) in [5, 5.41) is 5.07. The summed E-state index contributed by atoms with van der Waals surface area (Å²) in [4.78, 5) is 24.7. The molecule has 28 heavy (non-hydrogen) atoms. The van der Waals surface area contributed by atoms with Gasteiger partial charge in [-0.3, -0.25) is 9.32 Å². The molecule has 0 spiro atoms. The maximum absolute atomic E-state index is 12.6. The number of hydrogen-bond acceptors (Lipinski definition) is 6. The molecule has 0 fully saturated rings. The number of aromatic nitrogens is 2. The zero-order chi connectivity index (χ0) is 20.1. The van der Waals surface area contributed by atoms with Crippen molar-refractivity contribution in [1.82, 2.24) is 5.27 Å². The lowest BCUT2D eigenvalue weighted by atomic mass is 10.3. The second-order valence-electron chi connectivity index (χ2n) is 5.77. The van der Waals surface area contributed by atoms with Crippen molar-refractivity contribution in [2.45, 2.75) is 17.2 Å². The molecule has 0 aliphatic rings. The van der Waals surface area contributed by atoms with Crippen LogP contribution >= 0.6 is 11.8 Å². The largest absolute Gasteiger partial charge is 0.497 e. The van der Waals surface area contributed by atoms with Crippen LogP contribution in [0.2, 0.25) is 0 Å². The first-order valence-corrected chi connectivity index (χ1v) is 9.30. The first-order chi connectivity index (χ1) is 13.5. The number of amides is 1. The van der Waals surface area contributed by atoms with Crippen LogP contribution in [0.4, 0.5) is 5.69 Å². The van der Waals surface area contributed by atoms with Gasteiger partial charge in [-0.15, -0.1) is 0 Å². The van der Waals surface area contributed by atoms with Gasteiger partial charge in [0.2, 0.25) is 11.6 Å². The van der Waals surface area contributed by atoms with Crippen molar-refractivity contribution in [2.75, 3.05) is 19.5 Å². The van der Waals surface area contributed by atoms with Crippen LogP contribution in [0.1, 0.15) is 6.92 Å². The fourth-order valence-corrected chi connectivity index (χ4v) is 3.36. The highest BCUT2D eigenvalue weighted by molar-refractivity contribution is 8.00. The molecule has 0 radical (unpaired) electrons. The zero-order valence-corrected chi connectivity index (χ0v) is 16.4. The number of carbonyl (C=O) groups is 1. The lowest BCUT2D eigenvalue weighted by Gasteiger charge is -2.12. The van der Waals surface area contributed by atoms with Gasteiger partial charge in [0.05, 0.1) is 25.2 Å². The van der Waals surface area contributed by atoms with Crippen LogP contribution in [0, 0.1) is 0 Å². The molecular formula is C19H20N3O5S+. The van der Waals surface area contributed by atoms with Gasteiger partial charge in [-0.05, 0) is 52.9 Å². The van der Waals surface area contributed by atoms with Crippen molar-refractivity contribution < 1.29 is 23.5 Å². The molecule has 0 bridgehead atoms. The topological polar surface area (TPSA) is 97.4 Å². The molecule has 0 saturated carbocycles. The highest BCUT2D eigenvalue weighted by Crippen LogP contribution is 2.25. The molecule has 2 aromatic carbocycles. The van der Waals surface area contributed by atoms with Gasteiger partial charge in [-0.2, -0.15) is 0 Å². The van der Waals surface area contributed by atoms with Crippen LogP contribution < -0.4 is 25.1 Å². The second kappa shape index (κ2) is 8.66. The summed E-state index contributed by atoms with van der Waals surface area (Å²) in [6, 6.07) is 14.2. The number of nitrogens with zero attached hydrogens (tertiary/aromatic N) is 1. The Balaban J connectivity index is 1.78. The lowest BCUT2D eigenvalue weighted by Crippen LogP contribution is -2.37. The van der Waals surface area contributed by atoms with Gasteiger partial charge in [0.15, 0.2) is 0 Å². The van der Waals surface area contributed by atoms with Crippen LogP contribution in [-0.4, -0.2) is 30.6 Å². The van der Waals surface area contributed by atoms with E-state index >= 15 is 0 Å². The Morgan fingerprint density at radius 2 is 1.86 bits per heavy atom. The Labute approximate surface area is 165 Å². The minimum absolute atomic E-state index is 0.257. The molecule has 2 N–H and O–H groups in total. The first kappa shape index (κ1) is 19.6. The van der Waals surface area contributed by atoms with Crippen molar-refractivity contribution in [3.8, 4) is 17.2 Å². The molecule has 9 heteroatoms. The number of anilines is 1. The van der Waals surface area contributed by atoms with Gasteiger partial charge in [-0.1, -0.05) is 12.1 Å². The van der Waals surface area contributed by atoms with Crippen LogP contribution in [-0.2, 0) is 4.79 Å². The molecule has 0 aliphatic carbocycles. The SMILES string of the molecule is COc1ccc(-[n+]2[nH]oc(=O)c2SC(C)C(=O)Nc2ccccc2OC)cc1. The fraction of sp³-hybridized carbons (Fsp3) is 0.211. The molecule has 0 saturated heterocycles. The minimum Gasteiger partial charge on any atom is -0.497 e. The van der Waals surface area contributed by atoms with Crippen molar-refractivity contribution in [3.05, 3.63) is 59.0 Å². The summed E-state index contributed by atoms with van der Waals surface area (Å²) in [5.74, 6) is 0.979. The standard InChI is InChI=1S/C19H19N3O5S/c1-12(17(23)20-15-6-4-5-7-16(15)26-3)28-18-19(24)27-21-22(18)13-8-10-14(25-2)11-9-13/h4-12H,1-3H3,(H-,20,21,23,24)/p+1. The predicted molar refractivity (Wildman–Crippen MR) is 104 cm³/mol. The average Bonchev–Trinajstić information content (AvgIpc) is 3.08. The zero-order valence-electron chi connectivity index (χ0n) is 15.6. The Kier molecular flexibility index (Phi) is 6.05. The van der Waals surface area contributed by atoms with E-state index in [-0.39, 0.29) is 10.9 Å². The average molecular weight is 402 g/mol. The summed E-state index contributed by atoms with van der Waals surface area (Å²) >= 11 is 1.09. The molecule has 1 amide bonds. The smallest absolute Gasteiger partial charge is 0.442 e. The summed E-state index contributed by atoms with van der Waals surface area (Å²) in [6.45, 7) is 1.71. The highest BCUT2D eigenvalue weighted by Gasteiger charge is 2.29. The first-order valence-electron chi connectivity index (χ1n) is 8.42. The third kappa shape index (κ3) is 4.20. The molecule has 146 valence electrons. The number of carbonyl (C=O) groups excluding carboxylic acids is 1. The number of aromatic amines is 1. The van der Waals surface area contributed by atoms with E-state index in [1.165, 1.54) is 11.8 Å². The van der Waals surface area contributed by atoms with Gasteiger partial charge >= 0.3 is 10.7 Å². The van der Waals surface area contributed by atoms with Crippen molar-refractivity contribution in [2.24, 2.45) is 0 Å². The fourth-order valence-electron chi connectivity index (χ4n) is 2.47. The molecule has 3 aromatic rings. The molecule has 1 heterocycles. The van der Waals surface area contributed by atoms with E-state index in [0.29, 0.717) is 22.9 Å². The molecule has 0 aliphatic heterocycles. The van der Waals surface area contributed by atoms with Crippen LogP contribution in [0.3, 0.4) is 0 Å². The van der Waals surface area contributed by atoms with Gasteiger partial charge in [0.1, 0.15) is 11.5 Å². The van der Waals surface area contributed by atoms with Crippen molar-refractivity contribution in [1.29, 1.82) is 0 Å². The Hall–Kier alpha value is -3.20. The quantitative estimate of drug-likeness (QED) is 0.465. The number of benzene rings is 2. The van der Waals surface area contributed by atoms with Crippen LogP contribution in [0.5, 0.6) is 11.5 Å². The van der Waals surface area contributed by atoms with E-state index in [1.54, 1.807) is 56.5 Å². The van der Waals surface area contributed by atoms with E-state index < -0.39 is 10.9 Å². The Bertz CT molecular complexity index is 1010. The molecule has 1 atom stereocenters. The van der Waals surface area contributed by atoms with Gasteiger partial charge in [-0.25, -0.2) is 4.79 Å². The molecule has 3 rings (SSSR count). The number of hydrogen-bond donors (Lipinski definition) is 2. The maximum Gasteiger partial charge on any atom is 0.442 e. The number of thioether (sulfide) groups is 1. The monoisotopic (exact) mass is 402 g/mol. The Morgan fingerprint density at radius 3 is 2.54 bits per heavy atom. The maximum atomic E-state index is 12.6. The lowest BCUT2D eigenvalue weighted by molar-refractivity contribution is -0.704. The summed E-state index contributed by atoms with van der Waals surface area (Å²) in [6.07, 6.45) is 0. The summed E-state index contributed by atoms with van der Waals surface area (Å²) in [7, 11) is 3.11. The minimum atomic E-state index is -0.562. The third-order valence-corrected chi connectivity index (χ3v) is 5.10. The summed E-state index contributed by atoms with van der Waals surface area (Å²) < 4.78 is 16.8. The molecule has 1 aromatic heterocycles. The second-order valence-corrected chi connectivity index (χ2v) is 7.10. The van der Waals surface area contributed by atoms with Crippen LogP contribution in [0.15, 0.2) is 62.9 Å². The van der Waals surface area contributed by atoms with E-state index in [4.69, 9.17) is 14.0 Å². The number of para-hydroxylation sites is 2. The van der Waals surface area contributed by atoms with Gasteiger partial charge in [0.25, 0.3) is 0 Å². The highest BCUT2D eigenvalue weighted by atomic mass is 32.2. The molecular weight excluding hydrogens is 382 g/mol.